The summed E-state index contributed by atoms with van der Waals surface area (Å²) in [6.07, 6.45) is 9.86. The highest BCUT2D eigenvalue weighted by Gasteiger charge is 2.30. The van der Waals surface area contributed by atoms with Gasteiger partial charge in [0.25, 0.3) is 0 Å². The number of carbonyl (C=O) groups excluding carboxylic acids is 2. The van der Waals surface area contributed by atoms with E-state index in [2.05, 4.69) is 0 Å². The van der Waals surface area contributed by atoms with Crippen molar-refractivity contribution >= 4 is 11.7 Å². The van der Waals surface area contributed by atoms with E-state index < -0.39 is 0 Å². The average molecular weight is 239 g/mol. The molecule has 3 nitrogen and oxygen atoms in total. The minimum Gasteiger partial charge on any atom is -0.333 e. The Kier molecular flexibility index (Phi) is 6.23. The summed E-state index contributed by atoms with van der Waals surface area (Å²) < 4.78 is 0. The molecule has 1 aliphatic carbocycles. The molecule has 1 aliphatic heterocycles. The number of carbonyl (C=O) groups is 2. The van der Waals surface area contributed by atoms with Crippen LogP contribution in [0.1, 0.15) is 65.2 Å². The maximum absolute atomic E-state index is 11.3. The molecule has 2 fully saturated rings. The Balaban J connectivity index is 0.000000239. The molecule has 2 aliphatic rings. The van der Waals surface area contributed by atoms with Crippen LogP contribution in [0.15, 0.2) is 0 Å². The normalized spacial score (nSPS) is 23.2. The fourth-order valence-electron chi connectivity index (χ4n) is 2.60. The van der Waals surface area contributed by atoms with Crippen LogP contribution in [0.2, 0.25) is 0 Å². The standard InChI is InChI=1S/C9H15NO2.C5H10/c1-3-9(12)8-5-4-6-10(8)7(2)11;1-2-4-5-3-1/h8H,3-6H2,1-2H3;1-5H2. The van der Waals surface area contributed by atoms with Gasteiger partial charge in [-0.05, 0) is 12.8 Å². The first kappa shape index (κ1) is 14.2. The minimum atomic E-state index is -0.118. The zero-order valence-electron chi connectivity index (χ0n) is 11.2. The number of hydrogen-bond donors (Lipinski definition) is 0. The van der Waals surface area contributed by atoms with Gasteiger partial charge in [-0.25, -0.2) is 0 Å². The molecule has 1 heterocycles. The molecule has 0 aromatic carbocycles. The predicted molar refractivity (Wildman–Crippen MR) is 68.8 cm³/mol. The lowest BCUT2D eigenvalue weighted by Gasteiger charge is -2.21. The highest BCUT2D eigenvalue weighted by atomic mass is 16.2. The van der Waals surface area contributed by atoms with Crippen LogP contribution in [-0.2, 0) is 9.59 Å². The smallest absolute Gasteiger partial charge is 0.220 e. The van der Waals surface area contributed by atoms with Gasteiger partial charge in [-0.1, -0.05) is 39.0 Å². The maximum atomic E-state index is 11.3. The van der Waals surface area contributed by atoms with Crippen molar-refractivity contribution in [3.8, 4) is 0 Å². The largest absolute Gasteiger partial charge is 0.333 e. The van der Waals surface area contributed by atoms with Crippen LogP contribution in [0.3, 0.4) is 0 Å². The summed E-state index contributed by atoms with van der Waals surface area (Å²) in [6, 6.07) is -0.118. The van der Waals surface area contributed by atoms with E-state index in [0.717, 1.165) is 19.4 Å². The van der Waals surface area contributed by atoms with E-state index >= 15 is 0 Å². The predicted octanol–water partition coefficient (Wildman–Crippen LogP) is 2.93. The van der Waals surface area contributed by atoms with Crippen LogP contribution in [0, 0.1) is 0 Å². The molecule has 1 saturated heterocycles. The van der Waals surface area contributed by atoms with Gasteiger partial charge in [-0.15, -0.1) is 0 Å². The van der Waals surface area contributed by atoms with Crippen LogP contribution in [0.25, 0.3) is 0 Å². The second kappa shape index (κ2) is 7.46. The summed E-state index contributed by atoms with van der Waals surface area (Å²) in [6.45, 7) is 4.13. The van der Waals surface area contributed by atoms with Crippen molar-refractivity contribution in [3.63, 3.8) is 0 Å². The highest BCUT2D eigenvalue weighted by Crippen LogP contribution is 2.18. The fourth-order valence-corrected chi connectivity index (χ4v) is 2.60. The van der Waals surface area contributed by atoms with Crippen LogP contribution >= 0.6 is 0 Å². The lowest BCUT2D eigenvalue weighted by atomic mass is 10.1. The van der Waals surface area contributed by atoms with Crippen LogP contribution in [-0.4, -0.2) is 29.2 Å². The van der Waals surface area contributed by atoms with Gasteiger partial charge in [-0.2, -0.15) is 0 Å². The molecule has 98 valence electrons. The number of Topliss-reactive ketones (excluding diaryl/α,β-unsaturated/α-hetero) is 1. The van der Waals surface area contributed by atoms with Gasteiger partial charge < -0.3 is 4.90 Å². The van der Waals surface area contributed by atoms with E-state index in [0.29, 0.717) is 6.42 Å². The third-order valence-corrected chi connectivity index (χ3v) is 3.63. The van der Waals surface area contributed by atoms with E-state index in [1.807, 2.05) is 6.92 Å². The SMILES string of the molecule is C1CCCC1.CCC(=O)C1CCCN1C(C)=O. The topological polar surface area (TPSA) is 37.4 Å². The molecule has 0 aromatic rings. The van der Waals surface area contributed by atoms with Crippen LogP contribution in [0.5, 0.6) is 0 Å². The maximum Gasteiger partial charge on any atom is 0.220 e. The van der Waals surface area contributed by atoms with Gasteiger partial charge in [-0.3, -0.25) is 9.59 Å². The Morgan fingerprint density at radius 1 is 1.06 bits per heavy atom. The first-order valence-electron chi connectivity index (χ1n) is 6.96. The van der Waals surface area contributed by atoms with E-state index in [-0.39, 0.29) is 17.7 Å². The van der Waals surface area contributed by atoms with E-state index in [1.54, 1.807) is 4.90 Å². The molecule has 0 aromatic heterocycles. The van der Waals surface area contributed by atoms with Crippen molar-refractivity contribution in [2.75, 3.05) is 6.54 Å². The lowest BCUT2D eigenvalue weighted by Crippen LogP contribution is -2.38. The molecule has 0 radical (unpaired) electrons. The summed E-state index contributed by atoms with van der Waals surface area (Å²) >= 11 is 0. The first-order chi connectivity index (χ1) is 8.16. The molecule has 0 spiro atoms. The lowest BCUT2D eigenvalue weighted by molar-refractivity contribution is -0.135. The summed E-state index contributed by atoms with van der Waals surface area (Å²) in [5.41, 5.74) is 0. The van der Waals surface area contributed by atoms with Gasteiger partial charge >= 0.3 is 0 Å². The minimum absolute atomic E-state index is 0.0271. The molecular formula is C14H25NO2. The number of amides is 1. The van der Waals surface area contributed by atoms with E-state index in [9.17, 15) is 9.59 Å². The van der Waals surface area contributed by atoms with Crippen molar-refractivity contribution < 1.29 is 9.59 Å². The van der Waals surface area contributed by atoms with Crippen LogP contribution < -0.4 is 0 Å². The molecule has 1 atom stereocenters. The molecular weight excluding hydrogens is 214 g/mol. The Morgan fingerprint density at radius 2 is 1.59 bits per heavy atom. The molecule has 17 heavy (non-hydrogen) atoms. The monoisotopic (exact) mass is 239 g/mol. The number of likely N-dealkylation sites (tertiary alicyclic amines) is 1. The van der Waals surface area contributed by atoms with E-state index in [1.165, 1.54) is 39.0 Å². The third-order valence-electron chi connectivity index (χ3n) is 3.63. The van der Waals surface area contributed by atoms with Crippen molar-refractivity contribution in [1.82, 2.24) is 4.90 Å². The number of nitrogens with zero attached hydrogens (tertiary/aromatic N) is 1. The molecule has 3 heteroatoms. The second-order valence-electron chi connectivity index (χ2n) is 4.96. The van der Waals surface area contributed by atoms with Crippen molar-refractivity contribution in [3.05, 3.63) is 0 Å². The summed E-state index contributed by atoms with van der Waals surface area (Å²) in [7, 11) is 0. The van der Waals surface area contributed by atoms with Crippen molar-refractivity contribution in [2.24, 2.45) is 0 Å². The van der Waals surface area contributed by atoms with Gasteiger partial charge in [0, 0.05) is 19.9 Å². The summed E-state index contributed by atoms with van der Waals surface area (Å²) in [5.74, 6) is 0.224. The number of hydrogen-bond acceptors (Lipinski definition) is 2. The van der Waals surface area contributed by atoms with Crippen molar-refractivity contribution in [2.45, 2.75) is 71.3 Å². The molecule has 1 unspecified atom stereocenters. The second-order valence-corrected chi connectivity index (χ2v) is 4.96. The van der Waals surface area contributed by atoms with Gasteiger partial charge in [0.15, 0.2) is 5.78 Å². The zero-order valence-corrected chi connectivity index (χ0v) is 11.2. The first-order valence-corrected chi connectivity index (χ1v) is 6.96. The molecule has 2 rings (SSSR count). The molecule has 1 amide bonds. The summed E-state index contributed by atoms with van der Waals surface area (Å²) in [4.78, 5) is 24.1. The molecule has 0 bridgehead atoms. The Hall–Kier alpha value is -0.860. The fraction of sp³-hybridized carbons (Fsp3) is 0.857. The van der Waals surface area contributed by atoms with Crippen molar-refractivity contribution in [1.29, 1.82) is 0 Å². The Morgan fingerprint density at radius 3 is 2.00 bits per heavy atom. The summed E-state index contributed by atoms with van der Waals surface area (Å²) in [5, 5.41) is 0. The van der Waals surface area contributed by atoms with Crippen LogP contribution in [0.4, 0.5) is 0 Å². The average Bonchev–Trinajstić information content (AvgIpc) is 3.00. The Labute approximate surface area is 105 Å². The highest BCUT2D eigenvalue weighted by molar-refractivity contribution is 5.88. The Bertz CT molecular complexity index is 251. The quantitative estimate of drug-likeness (QED) is 0.743. The van der Waals surface area contributed by atoms with E-state index in [4.69, 9.17) is 0 Å². The number of rotatable bonds is 2. The van der Waals surface area contributed by atoms with Gasteiger partial charge in [0.1, 0.15) is 0 Å². The molecule has 1 saturated carbocycles. The third kappa shape index (κ3) is 4.49. The zero-order chi connectivity index (χ0) is 12.7. The van der Waals surface area contributed by atoms with Gasteiger partial charge in [0.2, 0.25) is 5.91 Å². The van der Waals surface area contributed by atoms with Gasteiger partial charge in [0.05, 0.1) is 6.04 Å². The molecule has 0 N–H and O–H groups in total. The number of ketones is 1.